The van der Waals surface area contributed by atoms with Crippen molar-refractivity contribution in [2.24, 2.45) is 5.92 Å². The molecule has 0 aliphatic carbocycles. The van der Waals surface area contributed by atoms with Crippen molar-refractivity contribution in [1.29, 1.82) is 0 Å². The molecular formula is C12H22ClN3O. The second-order valence-electron chi connectivity index (χ2n) is 4.33. The van der Waals surface area contributed by atoms with Crippen LogP contribution in [0.4, 0.5) is 0 Å². The zero-order valence-electron chi connectivity index (χ0n) is 11.0. The second kappa shape index (κ2) is 6.99. The van der Waals surface area contributed by atoms with Crippen LogP contribution >= 0.6 is 11.6 Å². The average molecular weight is 260 g/mol. The number of rotatable bonds is 7. The van der Waals surface area contributed by atoms with Crippen LogP contribution in [-0.4, -0.2) is 30.5 Å². The van der Waals surface area contributed by atoms with Gasteiger partial charge in [-0.05, 0) is 26.3 Å². The Kier molecular flexibility index (Phi) is 5.95. The molecular weight excluding hydrogens is 238 g/mol. The molecule has 0 saturated carbocycles. The number of hydrogen-bond acceptors (Lipinski definition) is 3. The Hall–Kier alpha value is -0.580. The molecule has 98 valence electrons. The summed E-state index contributed by atoms with van der Waals surface area (Å²) >= 11 is 6.20. The lowest BCUT2D eigenvalue weighted by Crippen LogP contribution is -2.24. The first-order valence-corrected chi connectivity index (χ1v) is 6.39. The normalized spacial score (nSPS) is 14.9. The highest BCUT2D eigenvalue weighted by Crippen LogP contribution is 2.27. The molecule has 2 atom stereocenters. The standard InChI is InChI=1S/C12H22ClN3O/c1-5-16-12(10(13)7-15-16)11(14-3)6-9(2)8-17-4/h7,9,11,14H,5-6,8H2,1-4H3. The summed E-state index contributed by atoms with van der Waals surface area (Å²) in [6.07, 6.45) is 2.70. The van der Waals surface area contributed by atoms with Crippen molar-refractivity contribution in [3.8, 4) is 0 Å². The summed E-state index contributed by atoms with van der Waals surface area (Å²) in [4.78, 5) is 0. The van der Waals surface area contributed by atoms with E-state index in [1.165, 1.54) is 0 Å². The lowest BCUT2D eigenvalue weighted by molar-refractivity contribution is 0.149. The van der Waals surface area contributed by atoms with E-state index in [-0.39, 0.29) is 6.04 Å². The first-order chi connectivity index (χ1) is 8.13. The molecule has 17 heavy (non-hydrogen) atoms. The topological polar surface area (TPSA) is 39.1 Å². The summed E-state index contributed by atoms with van der Waals surface area (Å²) in [6, 6.07) is 0.218. The molecule has 4 nitrogen and oxygen atoms in total. The van der Waals surface area contributed by atoms with Gasteiger partial charge in [0.15, 0.2) is 0 Å². The van der Waals surface area contributed by atoms with Crippen molar-refractivity contribution in [3.63, 3.8) is 0 Å². The van der Waals surface area contributed by atoms with E-state index in [4.69, 9.17) is 16.3 Å². The monoisotopic (exact) mass is 259 g/mol. The SMILES string of the molecule is CCn1ncc(Cl)c1C(CC(C)COC)NC. The molecule has 1 aromatic heterocycles. The van der Waals surface area contributed by atoms with Crippen molar-refractivity contribution in [2.45, 2.75) is 32.9 Å². The Balaban J connectivity index is 2.81. The first kappa shape index (κ1) is 14.5. The Morgan fingerprint density at radius 3 is 2.82 bits per heavy atom. The molecule has 1 aromatic rings. The van der Waals surface area contributed by atoms with E-state index in [2.05, 4.69) is 24.3 Å². The Morgan fingerprint density at radius 2 is 2.29 bits per heavy atom. The van der Waals surface area contributed by atoms with E-state index >= 15 is 0 Å². The third-order valence-corrected chi connectivity index (χ3v) is 3.19. The van der Waals surface area contributed by atoms with Gasteiger partial charge in [0, 0.05) is 20.3 Å². The van der Waals surface area contributed by atoms with Crippen LogP contribution in [0.5, 0.6) is 0 Å². The second-order valence-corrected chi connectivity index (χ2v) is 4.74. The summed E-state index contributed by atoms with van der Waals surface area (Å²) in [5.41, 5.74) is 1.07. The Bertz CT molecular complexity index is 340. The van der Waals surface area contributed by atoms with Gasteiger partial charge < -0.3 is 10.1 Å². The van der Waals surface area contributed by atoms with Crippen LogP contribution in [-0.2, 0) is 11.3 Å². The molecule has 0 aliphatic heterocycles. The quantitative estimate of drug-likeness (QED) is 0.818. The number of nitrogens with one attached hydrogen (secondary N) is 1. The minimum atomic E-state index is 0.218. The van der Waals surface area contributed by atoms with Crippen LogP contribution in [0.3, 0.4) is 0 Å². The van der Waals surface area contributed by atoms with E-state index in [9.17, 15) is 0 Å². The Labute approximate surface area is 108 Å². The largest absolute Gasteiger partial charge is 0.384 e. The number of methoxy groups -OCH3 is 1. The average Bonchev–Trinajstić information content (AvgIpc) is 2.68. The van der Waals surface area contributed by atoms with E-state index in [0.29, 0.717) is 5.92 Å². The molecule has 5 heteroatoms. The minimum absolute atomic E-state index is 0.218. The van der Waals surface area contributed by atoms with Crippen molar-refractivity contribution in [1.82, 2.24) is 15.1 Å². The number of nitrogens with zero attached hydrogens (tertiary/aromatic N) is 2. The van der Waals surface area contributed by atoms with Crippen molar-refractivity contribution < 1.29 is 4.74 Å². The lowest BCUT2D eigenvalue weighted by Gasteiger charge is -2.21. The molecule has 1 heterocycles. The van der Waals surface area contributed by atoms with Crippen molar-refractivity contribution >= 4 is 11.6 Å². The maximum absolute atomic E-state index is 6.20. The molecule has 0 aromatic carbocycles. The van der Waals surface area contributed by atoms with Crippen LogP contribution in [0.15, 0.2) is 6.20 Å². The van der Waals surface area contributed by atoms with Gasteiger partial charge in [-0.3, -0.25) is 4.68 Å². The summed E-state index contributed by atoms with van der Waals surface area (Å²) < 4.78 is 7.12. The minimum Gasteiger partial charge on any atom is -0.384 e. The van der Waals surface area contributed by atoms with E-state index in [1.54, 1.807) is 13.3 Å². The van der Waals surface area contributed by atoms with Gasteiger partial charge in [-0.25, -0.2) is 0 Å². The van der Waals surface area contributed by atoms with Gasteiger partial charge in [0.25, 0.3) is 0 Å². The molecule has 0 amide bonds. The van der Waals surface area contributed by atoms with Crippen LogP contribution in [0.2, 0.25) is 5.02 Å². The predicted octanol–water partition coefficient (Wildman–Crippen LogP) is 2.49. The lowest BCUT2D eigenvalue weighted by atomic mass is 10.00. The maximum Gasteiger partial charge on any atom is 0.0834 e. The van der Waals surface area contributed by atoms with Crippen LogP contribution in [0.25, 0.3) is 0 Å². The number of aryl methyl sites for hydroxylation is 1. The molecule has 1 rings (SSSR count). The number of ether oxygens (including phenoxy) is 1. The highest BCUT2D eigenvalue weighted by Gasteiger charge is 2.20. The highest BCUT2D eigenvalue weighted by atomic mass is 35.5. The molecule has 1 N–H and O–H groups in total. The molecule has 2 unspecified atom stereocenters. The number of aromatic nitrogens is 2. The molecule has 0 radical (unpaired) electrons. The highest BCUT2D eigenvalue weighted by molar-refractivity contribution is 6.31. The molecule has 0 saturated heterocycles. The van der Waals surface area contributed by atoms with Crippen molar-refractivity contribution in [3.05, 3.63) is 16.9 Å². The third-order valence-electron chi connectivity index (χ3n) is 2.90. The maximum atomic E-state index is 6.20. The first-order valence-electron chi connectivity index (χ1n) is 6.01. The molecule has 0 spiro atoms. The number of halogens is 1. The van der Waals surface area contributed by atoms with Crippen LogP contribution in [0, 0.1) is 5.92 Å². The Morgan fingerprint density at radius 1 is 1.59 bits per heavy atom. The zero-order valence-corrected chi connectivity index (χ0v) is 11.8. The summed E-state index contributed by atoms with van der Waals surface area (Å²) in [7, 11) is 3.68. The molecule has 0 aliphatic rings. The third kappa shape index (κ3) is 3.69. The van der Waals surface area contributed by atoms with E-state index in [1.807, 2.05) is 11.7 Å². The van der Waals surface area contributed by atoms with E-state index in [0.717, 1.165) is 30.3 Å². The van der Waals surface area contributed by atoms with Crippen molar-refractivity contribution in [2.75, 3.05) is 20.8 Å². The fraction of sp³-hybridized carbons (Fsp3) is 0.750. The predicted molar refractivity (Wildman–Crippen MR) is 70.4 cm³/mol. The van der Waals surface area contributed by atoms with Gasteiger partial charge >= 0.3 is 0 Å². The number of hydrogen-bond donors (Lipinski definition) is 1. The van der Waals surface area contributed by atoms with Gasteiger partial charge in [0.05, 0.1) is 23.0 Å². The molecule has 0 fully saturated rings. The van der Waals surface area contributed by atoms with Crippen LogP contribution < -0.4 is 5.32 Å². The van der Waals surface area contributed by atoms with Gasteiger partial charge in [0.2, 0.25) is 0 Å². The van der Waals surface area contributed by atoms with Crippen LogP contribution in [0.1, 0.15) is 32.0 Å². The van der Waals surface area contributed by atoms with Gasteiger partial charge in [-0.1, -0.05) is 18.5 Å². The van der Waals surface area contributed by atoms with Gasteiger partial charge in [-0.2, -0.15) is 5.10 Å². The summed E-state index contributed by atoms with van der Waals surface area (Å²) in [5, 5.41) is 8.31. The van der Waals surface area contributed by atoms with Gasteiger partial charge in [0.1, 0.15) is 0 Å². The fourth-order valence-corrected chi connectivity index (χ4v) is 2.36. The summed E-state index contributed by atoms with van der Waals surface area (Å²) in [6.45, 7) is 5.83. The zero-order chi connectivity index (χ0) is 12.8. The van der Waals surface area contributed by atoms with Gasteiger partial charge in [-0.15, -0.1) is 0 Å². The van der Waals surface area contributed by atoms with E-state index < -0.39 is 0 Å². The summed E-state index contributed by atoms with van der Waals surface area (Å²) in [5.74, 6) is 0.480. The molecule has 0 bridgehead atoms. The smallest absolute Gasteiger partial charge is 0.0834 e. The fourth-order valence-electron chi connectivity index (χ4n) is 2.09.